The van der Waals surface area contributed by atoms with Gasteiger partial charge in [0, 0.05) is 0 Å². The van der Waals surface area contributed by atoms with E-state index in [2.05, 4.69) is 72.1 Å². The first-order valence-electron chi connectivity index (χ1n) is 7.06. The fourth-order valence-corrected chi connectivity index (χ4v) is 8.00. The number of fused-ring (bicyclic) bond motifs is 1. The molecule has 1 radical (unpaired) electrons. The quantitative estimate of drug-likeness (QED) is 0.733. The van der Waals surface area contributed by atoms with Crippen molar-refractivity contribution in [2.24, 2.45) is 10.8 Å². The summed E-state index contributed by atoms with van der Waals surface area (Å²) in [5.41, 5.74) is 3.67. The molecule has 1 aliphatic rings. The summed E-state index contributed by atoms with van der Waals surface area (Å²) in [5, 5.41) is 0. The van der Waals surface area contributed by atoms with Gasteiger partial charge in [0.25, 0.3) is 0 Å². The first-order valence-corrected chi connectivity index (χ1v) is 9.61. The van der Waals surface area contributed by atoms with Crippen LogP contribution in [0, 0.1) is 10.8 Å². The standard InChI is InChI=1S/C16H26N2.Sn/c1-15(2,3)11-17-13-9-7-8-10-14(13)18-12-16(4,5)6;/h7-10H,11-12H2,1-6H3;/q-2;+1. The van der Waals surface area contributed by atoms with E-state index in [1.54, 1.807) is 0 Å². The van der Waals surface area contributed by atoms with Crippen molar-refractivity contribution in [3.63, 3.8) is 0 Å². The molecule has 1 aromatic rings. The summed E-state index contributed by atoms with van der Waals surface area (Å²) in [6, 6.07) is 8.94. The molecular weight excluding hydrogens is 339 g/mol. The Kier molecular flexibility index (Phi) is 4.10. The summed E-state index contributed by atoms with van der Waals surface area (Å²) in [6.07, 6.45) is 0. The van der Waals surface area contributed by atoms with E-state index in [0.29, 0.717) is 10.8 Å². The maximum atomic E-state index is 2.68. The van der Waals surface area contributed by atoms with Crippen molar-refractivity contribution in [3.05, 3.63) is 24.3 Å². The van der Waals surface area contributed by atoms with Gasteiger partial charge in [-0.25, -0.2) is 0 Å². The van der Waals surface area contributed by atoms with Gasteiger partial charge in [-0.3, -0.25) is 0 Å². The Hall–Kier alpha value is -0.381. The molecule has 0 unspecified atom stereocenters. The van der Waals surface area contributed by atoms with E-state index < -0.39 is 21.7 Å². The molecule has 0 N–H and O–H groups in total. The van der Waals surface area contributed by atoms with Crippen molar-refractivity contribution in [1.82, 2.24) is 0 Å². The zero-order valence-corrected chi connectivity index (χ0v) is 16.0. The third-order valence-electron chi connectivity index (χ3n) is 2.97. The first-order chi connectivity index (χ1) is 8.66. The van der Waals surface area contributed by atoms with Crippen molar-refractivity contribution < 1.29 is 0 Å². The van der Waals surface area contributed by atoms with Gasteiger partial charge in [-0.2, -0.15) is 0 Å². The first kappa shape index (κ1) is 15.0. The van der Waals surface area contributed by atoms with Crippen molar-refractivity contribution >= 4 is 33.1 Å². The van der Waals surface area contributed by atoms with Crippen LogP contribution in [-0.2, 0) is 0 Å². The molecule has 0 aliphatic carbocycles. The van der Waals surface area contributed by atoms with Crippen LogP contribution in [-0.4, -0.2) is 34.8 Å². The minimum atomic E-state index is -0.688. The van der Waals surface area contributed by atoms with Gasteiger partial charge in [-0.1, -0.05) is 0 Å². The minimum absolute atomic E-state index is 0.367. The number of hydrogen-bond donors (Lipinski definition) is 0. The molecule has 0 spiro atoms. The predicted octanol–water partition coefficient (Wildman–Crippen LogP) is 3.94. The Morgan fingerprint density at radius 2 is 1.16 bits per heavy atom. The monoisotopic (exact) mass is 366 g/mol. The van der Waals surface area contributed by atoms with Gasteiger partial charge < -0.3 is 0 Å². The van der Waals surface area contributed by atoms with Crippen LogP contribution >= 0.6 is 0 Å². The van der Waals surface area contributed by atoms with Crippen molar-refractivity contribution in [3.8, 4) is 0 Å². The average Bonchev–Trinajstić information content (AvgIpc) is 2.53. The fourth-order valence-electron chi connectivity index (χ4n) is 2.36. The Balaban J connectivity index is 2.23. The van der Waals surface area contributed by atoms with Gasteiger partial charge in [0.05, 0.1) is 0 Å². The second-order valence-electron chi connectivity index (χ2n) is 7.88. The van der Waals surface area contributed by atoms with E-state index >= 15 is 0 Å². The Morgan fingerprint density at radius 1 is 0.789 bits per heavy atom. The molecule has 0 amide bonds. The second-order valence-corrected chi connectivity index (χ2v) is 11.5. The molecule has 0 atom stereocenters. The molecule has 1 aromatic carbocycles. The number of para-hydroxylation sites is 2. The molecule has 0 bridgehead atoms. The van der Waals surface area contributed by atoms with Crippen LogP contribution in [0.3, 0.4) is 0 Å². The van der Waals surface area contributed by atoms with Gasteiger partial charge in [0.2, 0.25) is 0 Å². The number of anilines is 2. The van der Waals surface area contributed by atoms with Crippen LogP contribution in [0.2, 0.25) is 0 Å². The van der Waals surface area contributed by atoms with Crippen LogP contribution < -0.4 is 6.24 Å². The molecule has 3 heteroatoms. The molecule has 2 nitrogen and oxygen atoms in total. The zero-order chi connectivity index (χ0) is 14.3. The van der Waals surface area contributed by atoms with E-state index in [1.165, 1.54) is 24.5 Å². The van der Waals surface area contributed by atoms with Crippen LogP contribution in [0.1, 0.15) is 41.5 Å². The zero-order valence-electron chi connectivity index (χ0n) is 13.1. The van der Waals surface area contributed by atoms with Gasteiger partial charge in [0.15, 0.2) is 0 Å². The number of benzene rings is 1. The summed E-state index contributed by atoms with van der Waals surface area (Å²) in [6.45, 7) is 16.4. The Bertz CT molecular complexity index is 402. The van der Waals surface area contributed by atoms with Crippen LogP contribution in [0.15, 0.2) is 24.3 Å². The topological polar surface area (TPSA) is 6.48 Å². The molecule has 0 saturated heterocycles. The number of nitrogens with zero attached hydrogens (tertiary/aromatic N) is 2. The molecule has 0 aromatic heterocycles. The SMILES string of the molecule is CC(C)(C)C[N]1[Sn-][N](CC(C)(C)C)c2ccccc21. The summed E-state index contributed by atoms with van der Waals surface area (Å²) >= 11 is -0.688. The third-order valence-corrected chi connectivity index (χ3v) is 6.63. The number of hydrogen-bond acceptors (Lipinski definition) is 2. The van der Waals surface area contributed by atoms with E-state index in [1.807, 2.05) is 0 Å². The normalized spacial score (nSPS) is 15.9. The molecule has 0 fully saturated rings. The summed E-state index contributed by atoms with van der Waals surface area (Å²) in [5.74, 6) is 0. The van der Waals surface area contributed by atoms with Gasteiger partial charge in [-0.05, 0) is 0 Å². The molecule has 19 heavy (non-hydrogen) atoms. The molecule has 105 valence electrons. The third kappa shape index (κ3) is 4.04. The van der Waals surface area contributed by atoms with E-state index in [4.69, 9.17) is 0 Å². The van der Waals surface area contributed by atoms with Gasteiger partial charge >= 0.3 is 129 Å². The molecule has 1 aliphatic heterocycles. The van der Waals surface area contributed by atoms with Crippen LogP contribution in [0.5, 0.6) is 0 Å². The maximum absolute atomic E-state index is 2.68. The molecule has 0 saturated carbocycles. The Labute approximate surface area is 129 Å². The van der Waals surface area contributed by atoms with Gasteiger partial charge in [0.1, 0.15) is 0 Å². The van der Waals surface area contributed by atoms with Crippen LogP contribution in [0.4, 0.5) is 11.4 Å². The average molecular weight is 365 g/mol. The van der Waals surface area contributed by atoms with Crippen LogP contribution in [0.25, 0.3) is 0 Å². The summed E-state index contributed by atoms with van der Waals surface area (Å²) in [4.78, 5) is 0. The predicted molar refractivity (Wildman–Crippen MR) is 85.8 cm³/mol. The van der Waals surface area contributed by atoms with E-state index in [-0.39, 0.29) is 0 Å². The van der Waals surface area contributed by atoms with E-state index in [9.17, 15) is 0 Å². The Morgan fingerprint density at radius 3 is 1.47 bits per heavy atom. The van der Waals surface area contributed by atoms with Crippen molar-refractivity contribution in [2.75, 3.05) is 19.3 Å². The second kappa shape index (κ2) is 5.19. The van der Waals surface area contributed by atoms with Crippen molar-refractivity contribution in [2.45, 2.75) is 41.5 Å². The summed E-state index contributed by atoms with van der Waals surface area (Å²) in [7, 11) is 0. The summed E-state index contributed by atoms with van der Waals surface area (Å²) < 4.78 is 5.37. The molecule has 2 rings (SSSR count). The number of rotatable bonds is 2. The van der Waals surface area contributed by atoms with E-state index in [0.717, 1.165) is 0 Å². The molecule has 1 heterocycles. The van der Waals surface area contributed by atoms with Gasteiger partial charge in [-0.15, -0.1) is 0 Å². The molecular formula is C16H26N2Sn-. The fraction of sp³-hybridized carbons (Fsp3) is 0.625. The van der Waals surface area contributed by atoms with Crippen molar-refractivity contribution in [1.29, 1.82) is 0 Å².